The Balaban J connectivity index is 1.51. The molecule has 6 unspecified atom stereocenters. The number of fused-ring (bicyclic) bond motifs is 1. The highest BCUT2D eigenvalue weighted by Crippen LogP contribution is 2.40. The van der Waals surface area contributed by atoms with Crippen LogP contribution in [0.15, 0.2) is 47.3 Å². The quantitative estimate of drug-likeness (QED) is 0.346. The van der Waals surface area contributed by atoms with E-state index in [1.165, 1.54) is 39.7 Å². The van der Waals surface area contributed by atoms with Crippen LogP contribution in [0.3, 0.4) is 0 Å². The summed E-state index contributed by atoms with van der Waals surface area (Å²) in [6.45, 7) is 23.1. The second-order valence-electron chi connectivity index (χ2n) is 11.8. The number of H-pyrrole nitrogens is 1. The normalized spacial score (nSPS) is 27.6. The van der Waals surface area contributed by atoms with Gasteiger partial charge in [0.05, 0.1) is 5.76 Å². The molecule has 3 aliphatic rings. The fraction of sp³-hybridized carbons (Fsp3) is 0.529. The Kier molecular flexibility index (Phi) is 8.42. The molecule has 0 aromatic carbocycles. The first-order chi connectivity index (χ1) is 18.0. The number of halogens is 1. The third kappa shape index (κ3) is 5.30. The highest BCUT2D eigenvalue weighted by atomic mass is 19.1. The molecule has 0 saturated heterocycles. The van der Waals surface area contributed by atoms with Gasteiger partial charge in [-0.2, -0.15) is 0 Å². The van der Waals surface area contributed by atoms with Crippen LogP contribution in [0, 0.1) is 17.8 Å². The van der Waals surface area contributed by atoms with Crippen molar-refractivity contribution < 1.29 is 9.13 Å². The van der Waals surface area contributed by atoms with Gasteiger partial charge in [-0.05, 0) is 99.7 Å². The molecule has 1 saturated carbocycles. The number of ether oxygens (including phenoxy) is 1. The number of hydrogen-bond acceptors (Lipinski definition) is 2. The molecule has 4 rings (SSSR count). The maximum Gasteiger partial charge on any atom is 0.164 e. The Morgan fingerprint density at radius 2 is 1.95 bits per heavy atom. The van der Waals surface area contributed by atoms with Crippen molar-refractivity contribution in [2.75, 3.05) is 6.61 Å². The maximum absolute atomic E-state index is 15.2. The van der Waals surface area contributed by atoms with Gasteiger partial charge in [-0.25, -0.2) is 4.39 Å². The molecule has 1 aromatic rings. The lowest BCUT2D eigenvalue weighted by atomic mass is 9.73. The molecule has 3 aliphatic carbocycles. The van der Waals surface area contributed by atoms with Crippen molar-refractivity contribution in [1.29, 1.82) is 0 Å². The molecule has 0 bridgehead atoms. The molecule has 0 spiro atoms. The van der Waals surface area contributed by atoms with Crippen molar-refractivity contribution in [3.05, 3.63) is 69.1 Å². The first kappa shape index (κ1) is 28.4. The molecule has 0 radical (unpaired) electrons. The van der Waals surface area contributed by atoms with E-state index in [1.807, 2.05) is 6.92 Å². The van der Waals surface area contributed by atoms with E-state index in [4.69, 9.17) is 4.74 Å². The van der Waals surface area contributed by atoms with Gasteiger partial charge in [0.1, 0.15) is 6.61 Å². The largest absolute Gasteiger partial charge is 0.494 e. The summed E-state index contributed by atoms with van der Waals surface area (Å²) in [5.74, 6) is 1.87. The number of alkyl halides is 1. The van der Waals surface area contributed by atoms with Gasteiger partial charge in [-0.1, -0.05) is 52.2 Å². The summed E-state index contributed by atoms with van der Waals surface area (Å²) in [6.07, 6.45) is 14.6. The first-order valence-electron chi connectivity index (χ1n) is 14.4. The Labute approximate surface area is 229 Å². The maximum atomic E-state index is 15.2. The van der Waals surface area contributed by atoms with Gasteiger partial charge < -0.3 is 15.0 Å². The van der Waals surface area contributed by atoms with E-state index in [1.54, 1.807) is 6.92 Å². The average molecular weight is 519 g/mol. The van der Waals surface area contributed by atoms with Gasteiger partial charge in [-0.3, -0.25) is 0 Å². The number of allylic oxidation sites excluding steroid dienone is 5. The van der Waals surface area contributed by atoms with Crippen LogP contribution in [-0.4, -0.2) is 29.3 Å². The highest BCUT2D eigenvalue weighted by molar-refractivity contribution is 5.68. The molecule has 0 amide bonds. The van der Waals surface area contributed by atoms with E-state index in [0.717, 1.165) is 23.8 Å². The predicted molar refractivity (Wildman–Crippen MR) is 160 cm³/mol. The summed E-state index contributed by atoms with van der Waals surface area (Å²) in [6, 6.07) is 0.581. The minimum absolute atomic E-state index is 0.0253. The van der Waals surface area contributed by atoms with Crippen molar-refractivity contribution in [3.63, 3.8) is 0 Å². The molecule has 1 heterocycles. The van der Waals surface area contributed by atoms with Crippen LogP contribution in [0.5, 0.6) is 0 Å². The van der Waals surface area contributed by atoms with Crippen LogP contribution in [-0.2, 0) is 4.74 Å². The van der Waals surface area contributed by atoms with Gasteiger partial charge in [0.15, 0.2) is 5.67 Å². The SMILES string of the molecule is C=C(C)C(F)(CC)COC1=CC(C)=C(C(C)NC(C)C2CCC2=c2[nH]c3c(c2=C)C=CCC=C3)C(C)C1C. The Hall–Kier alpha value is -2.59. The van der Waals surface area contributed by atoms with Crippen LogP contribution in [0.4, 0.5) is 4.39 Å². The zero-order valence-electron chi connectivity index (χ0n) is 24.5. The van der Waals surface area contributed by atoms with E-state index in [9.17, 15) is 0 Å². The van der Waals surface area contributed by atoms with Gasteiger partial charge in [-0.15, -0.1) is 0 Å². The molecule has 2 N–H and O–H groups in total. The van der Waals surface area contributed by atoms with Crippen molar-refractivity contribution in [2.45, 2.75) is 91.9 Å². The van der Waals surface area contributed by atoms with E-state index < -0.39 is 5.67 Å². The topological polar surface area (TPSA) is 37.0 Å². The van der Waals surface area contributed by atoms with E-state index >= 15 is 4.39 Å². The van der Waals surface area contributed by atoms with Gasteiger partial charge in [0, 0.05) is 39.8 Å². The van der Waals surface area contributed by atoms with Gasteiger partial charge >= 0.3 is 0 Å². The van der Waals surface area contributed by atoms with E-state index in [0.29, 0.717) is 29.9 Å². The molecular formula is C34H47FN2O. The summed E-state index contributed by atoms with van der Waals surface area (Å²) in [5, 5.41) is 6.29. The second-order valence-corrected chi connectivity index (χ2v) is 11.8. The molecule has 4 heteroatoms. The van der Waals surface area contributed by atoms with Crippen LogP contribution in [0.1, 0.15) is 85.4 Å². The minimum Gasteiger partial charge on any atom is -0.494 e. The Morgan fingerprint density at radius 3 is 2.58 bits per heavy atom. The summed E-state index contributed by atoms with van der Waals surface area (Å²) in [7, 11) is 0. The molecule has 38 heavy (non-hydrogen) atoms. The molecule has 1 aromatic heterocycles. The summed E-state index contributed by atoms with van der Waals surface area (Å²) in [4.78, 5) is 3.68. The molecule has 6 atom stereocenters. The lowest BCUT2D eigenvalue weighted by Crippen LogP contribution is -2.47. The number of aromatic amines is 1. The third-order valence-electron chi connectivity index (χ3n) is 9.39. The standard InChI is InChI=1S/C34H47FN2O/c1-10-34(35,20(2)3)19-38-31-18-21(4)32(23(6)22(31)5)26(9)36-25(8)28-16-17-29(28)33-24(7)27-14-12-11-13-15-30(27)37-33/h12-15,18,22-23,25-26,28,36-37H,2,7,10-11,16-17,19H2,1,3-6,8-9H3. The van der Waals surface area contributed by atoms with Crippen molar-refractivity contribution in [2.24, 2.45) is 17.8 Å². The second kappa shape index (κ2) is 11.3. The van der Waals surface area contributed by atoms with Crippen LogP contribution in [0.2, 0.25) is 0 Å². The molecule has 0 aliphatic heterocycles. The van der Waals surface area contributed by atoms with Crippen molar-refractivity contribution in [3.8, 4) is 0 Å². The monoisotopic (exact) mass is 518 g/mol. The fourth-order valence-electron chi connectivity index (χ4n) is 6.48. The van der Waals surface area contributed by atoms with Crippen LogP contribution in [0.25, 0.3) is 24.3 Å². The van der Waals surface area contributed by atoms with Crippen LogP contribution >= 0.6 is 0 Å². The Morgan fingerprint density at radius 1 is 1.24 bits per heavy atom. The summed E-state index contributed by atoms with van der Waals surface area (Å²) >= 11 is 0. The zero-order valence-corrected chi connectivity index (χ0v) is 24.5. The smallest absolute Gasteiger partial charge is 0.164 e. The minimum atomic E-state index is -1.49. The predicted octanol–water partition coefficient (Wildman–Crippen LogP) is 6.98. The molecule has 206 valence electrons. The van der Waals surface area contributed by atoms with E-state index in [2.05, 4.69) is 88.5 Å². The van der Waals surface area contributed by atoms with Gasteiger partial charge in [0.2, 0.25) is 0 Å². The summed E-state index contributed by atoms with van der Waals surface area (Å²) in [5.41, 5.74) is 5.57. The highest BCUT2D eigenvalue weighted by Gasteiger charge is 2.36. The van der Waals surface area contributed by atoms with E-state index in [-0.39, 0.29) is 18.6 Å². The average Bonchev–Trinajstić information content (AvgIpc) is 2.99. The van der Waals surface area contributed by atoms with Gasteiger partial charge in [0.25, 0.3) is 0 Å². The third-order valence-corrected chi connectivity index (χ3v) is 9.39. The Bertz CT molecular complexity index is 1310. The van der Waals surface area contributed by atoms with Crippen molar-refractivity contribution >= 4 is 24.3 Å². The molecular weight excluding hydrogens is 471 g/mol. The zero-order chi connectivity index (χ0) is 27.8. The number of hydrogen-bond donors (Lipinski definition) is 2. The van der Waals surface area contributed by atoms with Crippen LogP contribution < -0.4 is 15.9 Å². The summed E-state index contributed by atoms with van der Waals surface area (Å²) < 4.78 is 21.3. The molecule has 3 nitrogen and oxygen atoms in total. The molecule has 1 fully saturated rings. The number of aromatic nitrogens is 1. The first-order valence-corrected chi connectivity index (χ1v) is 14.4. The number of nitrogens with one attached hydrogen (secondary N) is 2. The number of rotatable bonds is 9. The lowest BCUT2D eigenvalue weighted by molar-refractivity contribution is 0.0562. The fourth-order valence-corrected chi connectivity index (χ4v) is 6.48. The van der Waals surface area contributed by atoms with Crippen molar-refractivity contribution in [1.82, 2.24) is 10.3 Å². The lowest BCUT2D eigenvalue weighted by Gasteiger charge is -2.40.